The zero-order valence-corrected chi connectivity index (χ0v) is 20.7. The van der Waals surface area contributed by atoms with E-state index in [2.05, 4.69) is 9.88 Å². The molecule has 8 nitrogen and oxygen atoms in total. The Bertz CT molecular complexity index is 1090. The smallest absolute Gasteiger partial charge is 0.290 e. The van der Waals surface area contributed by atoms with Gasteiger partial charge in [0.05, 0.1) is 47.0 Å². The summed E-state index contributed by atoms with van der Waals surface area (Å²) in [6.07, 6.45) is 0.715. The average Bonchev–Trinajstić information content (AvgIpc) is 3.30. The summed E-state index contributed by atoms with van der Waals surface area (Å²) >= 11 is 1.28. The first kappa shape index (κ1) is 24.4. The van der Waals surface area contributed by atoms with Gasteiger partial charge in [0, 0.05) is 31.7 Å². The summed E-state index contributed by atoms with van der Waals surface area (Å²) < 4.78 is 11.3. The van der Waals surface area contributed by atoms with Gasteiger partial charge in [0.15, 0.2) is 5.76 Å². The molecule has 0 saturated carbocycles. The maximum absolute atomic E-state index is 13.7. The second-order valence-corrected chi connectivity index (χ2v) is 9.62. The Labute approximate surface area is 203 Å². The van der Waals surface area contributed by atoms with Crippen LogP contribution >= 0.6 is 11.3 Å². The van der Waals surface area contributed by atoms with Crippen LogP contribution in [0.5, 0.6) is 5.75 Å². The van der Waals surface area contributed by atoms with Crippen molar-refractivity contribution in [1.29, 1.82) is 0 Å². The third-order valence-corrected chi connectivity index (χ3v) is 7.22. The van der Waals surface area contributed by atoms with Crippen molar-refractivity contribution in [3.8, 4) is 5.75 Å². The summed E-state index contributed by atoms with van der Waals surface area (Å²) in [7, 11) is 0. The van der Waals surface area contributed by atoms with Gasteiger partial charge in [-0.05, 0) is 33.3 Å². The Morgan fingerprint density at radius 3 is 2.65 bits per heavy atom. The highest BCUT2D eigenvalue weighted by atomic mass is 32.1. The number of thiazole rings is 1. The van der Waals surface area contributed by atoms with E-state index < -0.39 is 17.7 Å². The Kier molecular flexibility index (Phi) is 7.65. The third-order valence-electron chi connectivity index (χ3n) is 6.15. The zero-order valence-electron chi connectivity index (χ0n) is 19.9. The lowest BCUT2D eigenvalue weighted by atomic mass is 9.94. The summed E-state index contributed by atoms with van der Waals surface area (Å²) in [4.78, 5) is 35.6. The quantitative estimate of drug-likeness (QED) is 0.544. The fourth-order valence-electron chi connectivity index (χ4n) is 4.59. The number of rotatable bonds is 9. The molecule has 4 rings (SSSR count). The standard InChI is InChI=1S/C25H31N3O5S/c1-4-33-19-9-6-5-8-18(19)21-20(22(29)24-16(2)26-17(3)34-24)23(30)25(31)28(21)11-7-10-27-12-14-32-15-13-27/h5-6,8-9,21,30H,4,7,10-15H2,1-3H3. The van der Waals surface area contributed by atoms with Crippen molar-refractivity contribution in [2.75, 3.05) is 46.0 Å². The van der Waals surface area contributed by atoms with E-state index in [1.807, 2.05) is 38.1 Å². The van der Waals surface area contributed by atoms with Crippen LogP contribution in [0.15, 0.2) is 35.6 Å². The maximum atomic E-state index is 13.7. The molecule has 1 atom stereocenters. The molecule has 9 heteroatoms. The Morgan fingerprint density at radius 1 is 1.24 bits per heavy atom. The molecule has 3 heterocycles. The Balaban J connectivity index is 1.68. The SMILES string of the molecule is CCOc1ccccc1C1C(C(=O)c2sc(C)nc2C)=C(O)C(=O)N1CCCN1CCOCC1. The average molecular weight is 486 g/mol. The maximum Gasteiger partial charge on any atom is 0.290 e. The van der Waals surface area contributed by atoms with E-state index in [9.17, 15) is 14.7 Å². The van der Waals surface area contributed by atoms with E-state index in [-0.39, 0.29) is 11.4 Å². The molecule has 2 aliphatic rings. The second kappa shape index (κ2) is 10.7. The number of amides is 1. The Hall–Kier alpha value is -2.75. The van der Waals surface area contributed by atoms with Crippen molar-refractivity contribution in [2.45, 2.75) is 33.2 Å². The number of aliphatic hydroxyl groups is 1. The van der Waals surface area contributed by atoms with Gasteiger partial charge in [-0.25, -0.2) is 4.98 Å². The van der Waals surface area contributed by atoms with Crippen LogP contribution in [0.2, 0.25) is 0 Å². The monoisotopic (exact) mass is 485 g/mol. The lowest BCUT2D eigenvalue weighted by Crippen LogP contribution is -2.39. The second-order valence-electron chi connectivity index (χ2n) is 8.42. The first-order valence-electron chi connectivity index (χ1n) is 11.7. The van der Waals surface area contributed by atoms with Crippen LogP contribution in [-0.2, 0) is 9.53 Å². The van der Waals surface area contributed by atoms with E-state index in [4.69, 9.17) is 9.47 Å². The molecule has 0 radical (unpaired) electrons. The van der Waals surface area contributed by atoms with Crippen LogP contribution in [0, 0.1) is 13.8 Å². The molecular formula is C25H31N3O5S. The van der Waals surface area contributed by atoms with Gasteiger partial charge < -0.3 is 19.5 Å². The normalized spacial score (nSPS) is 19.2. The van der Waals surface area contributed by atoms with E-state index in [0.717, 1.165) is 24.6 Å². The molecule has 1 unspecified atom stereocenters. The number of carbonyl (C=O) groups excluding carboxylic acids is 2. The molecule has 0 bridgehead atoms. The number of Topliss-reactive ketones (excluding diaryl/α,β-unsaturated/α-hetero) is 1. The van der Waals surface area contributed by atoms with Gasteiger partial charge in [0.2, 0.25) is 5.78 Å². The summed E-state index contributed by atoms with van der Waals surface area (Å²) in [6.45, 7) is 10.3. The fourth-order valence-corrected chi connectivity index (χ4v) is 5.46. The van der Waals surface area contributed by atoms with Crippen molar-refractivity contribution in [3.63, 3.8) is 0 Å². The first-order valence-corrected chi connectivity index (χ1v) is 12.5. The number of hydrogen-bond acceptors (Lipinski definition) is 8. The van der Waals surface area contributed by atoms with Crippen LogP contribution in [0.25, 0.3) is 0 Å². The third kappa shape index (κ3) is 4.87. The molecule has 2 aromatic rings. The predicted molar refractivity (Wildman–Crippen MR) is 130 cm³/mol. The number of ketones is 1. The molecule has 2 aliphatic heterocycles. The highest BCUT2D eigenvalue weighted by Crippen LogP contribution is 2.43. The van der Waals surface area contributed by atoms with Gasteiger partial charge in [-0.2, -0.15) is 0 Å². The van der Waals surface area contributed by atoms with Crippen molar-refractivity contribution in [3.05, 3.63) is 56.7 Å². The lowest BCUT2D eigenvalue weighted by molar-refractivity contribution is -0.129. The topological polar surface area (TPSA) is 92.2 Å². The van der Waals surface area contributed by atoms with E-state index in [1.54, 1.807) is 11.8 Å². The van der Waals surface area contributed by atoms with E-state index >= 15 is 0 Å². The number of aromatic nitrogens is 1. The summed E-state index contributed by atoms with van der Waals surface area (Å²) in [5.74, 6) is -0.780. The highest BCUT2D eigenvalue weighted by molar-refractivity contribution is 7.14. The number of carbonyl (C=O) groups is 2. The zero-order chi connectivity index (χ0) is 24.2. The molecule has 0 aliphatic carbocycles. The summed E-state index contributed by atoms with van der Waals surface area (Å²) in [5, 5.41) is 11.7. The molecule has 182 valence electrons. The summed E-state index contributed by atoms with van der Waals surface area (Å²) in [6, 6.07) is 6.67. The van der Waals surface area contributed by atoms with Crippen molar-refractivity contribution in [2.24, 2.45) is 0 Å². The van der Waals surface area contributed by atoms with Gasteiger partial charge in [-0.15, -0.1) is 11.3 Å². The van der Waals surface area contributed by atoms with Gasteiger partial charge >= 0.3 is 0 Å². The molecule has 1 aromatic heterocycles. The van der Waals surface area contributed by atoms with Crippen LogP contribution in [0.4, 0.5) is 0 Å². The van der Waals surface area contributed by atoms with Crippen LogP contribution < -0.4 is 4.74 Å². The minimum atomic E-state index is -0.728. The highest BCUT2D eigenvalue weighted by Gasteiger charge is 2.45. The molecule has 1 N–H and O–H groups in total. The number of ether oxygens (including phenoxy) is 2. The molecule has 0 spiro atoms. The number of benzene rings is 1. The molecular weight excluding hydrogens is 454 g/mol. The predicted octanol–water partition coefficient (Wildman–Crippen LogP) is 3.46. The number of aryl methyl sites for hydroxylation is 2. The fraction of sp³-hybridized carbons (Fsp3) is 0.480. The number of morpholine rings is 1. The Morgan fingerprint density at radius 2 is 1.97 bits per heavy atom. The van der Waals surface area contributed by atoms with Crippen LogP contribution in [0.3, 0.4) is 0 Å². The minimum absolute atomic E-state index is 0.0928. The van der Waals surface area contributed by atoms with Gasteiger partial charge in [-0.3, -0.25) is 14.5 Å². The van der Waals surface area contributed by atoms with Crippen LogP contribution in [0.1, 0.15) is 45.3 Å². The molecule has 1 fully saturated rings. The molecule has 1 aromatic carbocycles. The lowest BCUT2D eigenvalue weighted by Gasteiger charge is -2.30. The number of para-hydroxylation sites is 1. The van der Waals surface area contributed by atoms with Crippen molar-refractivity contribution in [1.82, 2.24) is 14.8 Å². The molecule has 34 heavy (non-hydrogen) atoms. The van der Waals surface area contributed by atoms with Gasteiger partial charge in [-0.1, -0.05) is 18.2 Å². The van der Waals surface area contributed by atoms with Crippen LogP contribution in [-0.4, -0.2) is 77.6 Å². The number of nitrogens with zero attached hydrogens (tertiary/aromatic N) is 3. The van der Waals surface area contributed by atoms with Crippen molar-refractivity contribution < 1.29 is 24.2 Å². The van der Waals surface area contributed by atoms with Crippen molar-refractivity contribution >= 4 is 23.0 Å². The first-order chi connectivity index (χ1) is 16.4. The summed E-state index contributed by atoms with van der Waals surface area (Å²) in [5.41, 5.74) is 1.38. The minimum Gasteiger partial charge on any atom is -0.503 e. The molecule has 1 amide bonds. The molecule has 1 saturated heterocycles. The van der Waals surface area contributed by atoms with E-state index in [1.165, 1.54) is 11.3 Å². The number of aliphatic hydroxyl groups excluding tert-OH is 1. The number of hydrogen-bond donors (Lipinski definition) is 1. The largest absolute Gasteiger partial charge is 0.503 e. The van der Waals surface area contributed by atoms with Gasteiger partial charge in [0.25, 0.3) is 5.91 Å². The van der Waals surface area contributed by atoms with E-state index in [0.29, 0.717) is 54.7 Å². The van der Waals surface area contributed by atoms with Gasteiger partial charge in [0.1, 0.15) is 5.75 Å².